The maximum atomic E-state index is 14.0. The van der Waals surface area contributed by atoms with Crippen molar-refractivity contribution in [1.82, 2.24) is 9.47 Å². The third-order valence-electron chi connectivity index (χ3n) is 5.81. The number of alkyl halides is 3. The number of hydrogen-bond acceptors (Lipinski definition) is 3. The maximum absolute atomic E-state index is 14.0. The summed E-state index contributed by atoms with van der Waals surface area (Å²) in [5.41, 5.74) is -0.347. The predicted octanol–water partition coefficient (Wildman–Crippen LogP) is 6.04. The van der Waals surface area contributed by atoms with Gasteiger partial charge < -0.3 is 19.1 Å². The summed E-state index contributed by atoms with van der Waals surface area (Å²) in [5.74, 6) is -2.17. The van der Waals surface area contributed by atoms with Crippen LogP contribution in [0.15, 0.2) is 42.5 Å². The highest BCUT2D eigenvalue weighted by Crippen LogP contribution is 2.38. The Bertz CT molecular complexity index is 1240. The third-order valence-corrected chi connectivity index (χ3v) is 5.81. The number of piperazine rings is 1. The molecule has 0 aliphatic carbocycles. The van der Waals surface area contributed by atoms with Gasteiger partial charge in [0.1, 0.15) is 11.3 Å². The monoisotopic (exact) mass is 495 g/mol. The zero-order valence-electron chi connectivity index (χ0n) is 19.6. The van der Waals surface area contributed by atoms with Crippen molar-refractivity contribution in [2.24, 2.45) is 0 Å². The standard InChI is InChI=1S/C25H26F5N3O2/c1-24(2,3)35-23(34)32-11-9-31(10-12-32)20-5-4-6-21-17(20)14-22(25(28,29)30)33(21)15-16-7-8-18(26)19(27)13-16/h4-8,13-14H,9-12,15H2,1-3H3. The number of halogens is 5. The summed E-state index contributed by atoms with van der Waals surface area (Å²) in [6, 6.07) is 9.15. The number of hydrogen-bond donors (Lipinski definition) is 0. The highest BCUT2D eigenvalue weighted by Gasteiger charge is 2.36. The minimum Gasteiger partial charge on any atom is -0.444 e. The molecule has 1 aliphatic rings. The van der Waals surface area contributed by atoms with Crippen LogP contribution in [0.4, 0.5) is 32.4 Å². The molecule has 188 valence electrons. The molecule has 0 bridgehead atoms. The molecule has 1 fully saturated rings. The Hall–Kier alpha value is -3.30. The van der Waals surface area contributed by atoms with E-state index in [-0.39, 0.29) is 12.1 Å². The zero-order valence-corrected chi connectivity index (χ0v) is 19.6. The highest BCUT2D eigenvalue weighted by molar-refractivity contribution is 5.94. The molecule has 10 heteroatoms. The van der Waals surface area contributed by atoms with Crippen molar-refractivity contribution in [1.29, 1.82) is 0 Å². The van der Waals surface area contributed by atoms with Crippen molar-refractivity contribution in [3.63, 3.8) is 0 Å². The summed E-state index contributed by atoms with van der Waals surface area (Å²) in [5, 5.41) is 0.396. The molecule has 3 aromatic rings. The second kappa shape index (κ2) is 9.05. The summed E-state index contributed by atoms with van der Waals surface area (Å²) < 4.78 is 75.4. The summed E-state index contributed by atoms with van der Waals surface area (Å²) in [6.07, 6.45) is -5.07. The fourth-order valence-electron chi connectivity index (χ4n) is 4.23. The molecule has 2 heterocycles. The Morgan fingerprint density at radius 2 is 1.63 bits per heavy atom. The van der Waals surface area contributed by atoms with Crippen LogP contribution in [-0.4, -0.2) is 47.3 Å². The number of aromatic nitrogens is 1. The Labute approximate surface area is 199 Å². The van der Waals surface area contributed by atoms with E-state index < -0.39 is 35.2 Å². The largest absolute Gasteiger partial charge is 0.444 e. The number of benzene rings is 2. The minimum atomic E-state index is -4.65. The Morgan fingerprint density at radius 1 is 0.943 bits per heavy atom. The first-order valence-corrected chi connectivity index (χ1v) is 11.2. The Balaban J connectivity index is 1.65. The molecule has 1 aliphatic heterocycles. The Kier molecular flexibility index (Phi) is 6.42. The molecule has 2 aromatic carbocycles. The smallest absolute Gasteiger partial charge is 0.431 e. The van der Waals surface area contributed by atoms with Crippen LogP contribution in [-0.2, 0) is 17.5 Å². The quantitative estimate of drug-likeness (QED) is 0.416. The van der Waals surface area contributed by atoms with Gasteiger partial charge in [0.05, 0.1) is 5.52 Å². The molecular formula is C25H26F5N3O2. The van der Waals surface area contributed by atoms with Crippen molar-refractivity contribution in [3.05, 3.63) is 65.4 Å². The lowest BCUT2D eigenvalue weighted by molar-refractivity contribution is -0.143. The number of anilines is 1. The van der Waals surface area contributed by atoms with Gasteiger partial charge in [-0.15, -0.1) is 0 Å². The topological polar surface area (TPSA) is 37.7 Å². The van der Waals surface area contributed by atoms with Gasteiger partial charge in [-0.1, -0.05) is 12.1 Å². The summed E-state index contributed by atoms with van der Waals surface area (Å²) in [4.78, 5) is 15.9. The van der Waals surface area contributed by atoms with E-state index in [1.165, 1.54) is 6.07 Å². The lowest BCUT2D eigenvalue weighted by atomic mass is 10.1. The van der Waals surface area contributed by atoms with Crippen molar-refractivity contribution in [2.75, 3.05) is 31.1 Å². The number of carbonyl (C=O) groups is 1. The van der Waals surface area contributed by atoms with Crippen LogP contribution in [0.25, 0.3) is 10.9 Å². The molecule has 0 N–H and O–H groups in total. The maximum Gasteiger partial charge on any atom is 0.431 e. The van der Waals surface area contributed by atoms with E-state index in [1.54, 1.807) is 43.9 Å². The first kappa shape index (κ1) is 24.8. The number of rotatable bonds is 3. The molecular weight excluding hydrogens is 469 g/mol. The predicted molar refractivity (Wildman–Crippen MR) is 122 cm³/mol. The molecule has 35 heavy (non-hydrogen) atoms. The third kappa shape index (κ3) is 5.36. The average molecular weight is 495 g/mol. The summed E-state index contributed by atoms with van der Waals surface area (Å²) >= 11 is 0. The number of amides is 1. The molecule has 0 spiro atoms. The fraction of sp³-hybridized carbons (Fsp3) is 0.400. The van der Waals surface area contributed by atoms with Gasteiger partial charge in [0, 0.05) is 43.8 Å². The molecule has 0 saturated carbocycles. The number of nitrogens with zero attached hydrogens (tertiary/aromatic N) is 3. The van der Waals surface area contributed by atoms with E-state index in [9.17, 15) is 26.7 Å². The van der Waals surface area contributed by atoms with Gasteiger partial charge in [0.25, 0.3) is 0 Å². The number of carbonyl (C=O) groups excluding carboxylic acids is 1. The average Bonchev–Trinajstić information content (AvgIpc) is 3.14. The van der Waals surface area contributed by atoms with E-state index in [1.807, 2.05) is 4.90 Å². The van der Waals surface area contributed by atoms with Crippen molar-refractivity contribution in [3.8, 4) is 0 Å². The van der Waals surface area contributed by atoms with Crippen molar-refractivity contribution < 1.29 is 31.5 Å². The van der Waals surface area contributed by atoms with Gasteiger partial charge in [-0.25, -0.2) is 13.6 Å². The molecule has 1 saturated heterocycles. The van der Waals surface area contributed by atoms with E-state index in [2.05, 4.69) is 0 Å². The molecule has 4 rings (SSSR count). The highest BCUT2D eigenvalue weighted by atomic mass is 19.4. The normalized spacial score (nSPS) is 15.1. The van der Waals surface area contributed by atoms with E-state index in [0.717, 1.165) is 22.8 Å². The van der Waals surface area contributed by atoms with Crippen LogP contribution >= 0.6 is 0 Å². The van der Waals surface area contributed by atoms with Gasteiger partial charge >= 0.3 is 12.3 Å². The van der Waals surface area contributed by atoms with E-state index >= 15 is 0 Å². The molecule has 5 nitrogen and oxygen atoms in total. The molecule has 0 unspecified atom stereocenters. The fourth-order valence-corrected chi connectivity index (χ4v) is 4.23. The lowest BCUT2D eigenvalue weighted by Crippen LogP contribution is -2.50. The van der Waals surface area contributed by atoms with Crippen LogP contribution in [0.5, 0.6) is 0 Å². The van der Waals surface area contributed by atoms with Gasteiger partial charge in [-0.2, -0.15) is 13.2 Å². The second-order valence-electron chi connectivity index (χ2n) is 9.53. The van der Waals surface area contributed by atoms with Crippen molar-refractivity contribution in [2.45, 2.75) is 39.1 Å². The van der Waals surface area contributed by atoms with Gasteiger partial charge in [-0.05, 0) is 56.7 Å². The van der Waals surface area contributed by atoms with Gasteiger partial charge in [0.15, 0.2) is 11.6 Å². The van der Waals surface area contributed by atoms with Gasteiger partial charge in [-0.3, -0.25) is 0 Å². The summed E-state index contributed by atoms with van der Waals surface area (Å²) in [6.45, 7) is 6.66. The number of fused-ring (bicyclic) bond motifs is 1. The van der Waals surface area contributed by atoms with Crippen LogP contribution in [0, 0.1) is 11.6 Å². The van der Waals surface area contributed by atoms with E-state index in [0.29, 0.717) is 42.8 Å². The van der Waals surface area contributed by atoms with Gasteiger partial charge in [0.2, 0.25) is 0 Å². The second-order valence-corrected chi connectivity index (χ2v) is 9.53. The van der Waals surface area contributed by atoms with Crippen LogP contribution in [0.1, 0.15) is 32.0 Å². The first-order valence-electron chi connectivity index (χ1n) is 11.2. The lowest BCUT2D eigenvalue weighted by Gasteiger charge is -2.37. The first-order chi connectivity index (χ1) is 16.3. The summed E-state index contributed by atoms with van der Waals surface area (Å²) in [7, 11) is 0. The molecule has 0 radical (unpaired) electrons. The van der Waals surface area contributed by atoms with Crippen LogP contribution in [0.3, 0.4) is 0 Å². The zero-order chi connectivity index (χ0) is 25.5. The molecule has 0 atom stereocenters. The van der Waals surface area contributed by atoms with Crippen LogP contribution < -0.4 is 4.90 Å². The number of ether oxygens (including phenoxy) is 1. The molecule has 1 aromatic heterocycles. The SMILES string of the molecule is CC(C)(C)OC(=O)N1CCN(c2cccc3c2cc(C(F)(F)F)n3Cc2ccc(F)c(F)c2)CC1. The Morgan fingerprint density at radius 3 is 2.23 bits per heavy atom. The van der Waals surface area contributed by atoms with Crippen LogP contribution in [0.2, 0.25) is 0 Å². The molecule has 1 amide bonds. The van der Waals surface area contributed by atoms with E-state index in [4.69, 9.17) is 4.74 Å². The van der Waals surface area contributed by atoms with Crippen molar-refractivity contribution >= 4 is 22.7 Å². The minimum absolute atomic E-state index is 0.211.